The highest BCUT2D eigenvalue weighted by atomic mass is 16.5. The second kappa shape index (κ2) is 9.20. The van der Waals surface area contributed by atoms with E-state index in [1.54, 1.807) is 0 Å². The molecule has 8 nitrogen and oxygen atoms in total. The third kappa shape index (κ3) is 4.72. The van der Waals surface area contributed by atoms with Crippen molar-refractivity contribution in [2.24, 2.45) is 0 Å². The topological polar surface area (TPSA) is 114 Å². The van der Waals surface area contributed by atoms with E-state index >= 15 is 0 Å². The number of amides is 2. The van der Waals surface area contributed by atoms with Gasteiger partial charge in [-0.25, -0.2) is 4.79 Å². The molecule has 2 aromatic carbocycles. The Morgan fingerprint density at radius 1 is 1.03 bits per heavy atom. The van der Waals surface area contributed by atoms with Gasteiger partial charge in [-0.3, -0.25) is 9.59 Å². The van der Waals surface area contributed by atoms with Crippen LogP contribution < -0.4 is 10.6 Å². The van der Waals surface area contributed by atoms with Gasteiger partial charge in [-0.15, -0.1) is 0 Å². The average molecular weight is 398 g/mol. The first kappa shape index (κ1) is 20.3. The van der Waals surface area contributed by atoms with Crippen LogP contribution in [-0.2, 0) is 19.1 Å². The molecule has 0 saturated heterocycles. The van der Waals surface area contributed by atoms with E-state index in [1.165, 1.54) is 7.11 Å². The minimum absolute atomic E-state index is 0.102. The second-order valence-corrected chi connectivity index (χ2v) is 6.59. The molecule has 2 amide bonds. The molecule has 0 bridgehead atoms. The first-order chi connectivity index (χ1) is 14.0. The van der Waals surface area contributed by atoms with Gasteiger partial charge < -0.3 is 25.2 Å². The molecule has 1 aliphatic rings. The number of rotatable bonds is 8. The number of ether oxygens (including phenoxy) is 2. The van der Waals surface area contributed by atoms with Crippen molar-refractivity contribution in [3.8, 4) is 11.1 Å². The van der Waals surface area contributed by atoms with Crippen molar-refractivity contribution in [3.63, 3.8) is 0 Å². The summed E-state index contributed by atoms with van der Waals surface area (Å²) in [6.07, 6.45) is -0.778. The molecule has 8 heteroatoms. The Morgan fingerprint density at radius 2 is 1.62 bits per heavy atom. The summed E-state index contributed by atoms with van der Waals surface area (Å²) < 4.78 is 10.3. The molecular formula is C21H22N2O6. The van der Waals surface area contributed by atoms with Crippen molar-refractivity contribution in [1.82, 2.24) is 10.6 Å². The van der Waals surface area contributed by atoms with Gasteiger partial charge in [0, 0.05) is 13.0 Å². The molecule has 3 N–H and O–H groups in total. The number of aliphatic carboxylic acids is 1. The predicted molar refractivity (Wildman–Crippen MR) is 105 cm³/mol. The molecule has 152 valence electrons. The minimum Gasteiger partial charge on any atom is -0.480 e. The molecule has 0 heterocycles. The Morgan fingerprint density at radius 3 is 2.17 bits per heavy atom. The summed E-state index contributed by atoms with van der Waals surface area (Å²) in [7, 11) is 1.37. The molecule has 0 unspecified atom stereocenters. The molecule has 29 heavy (non-hydrogen) atoms. The van der Waals surface area contributed by atoms with Gasteiger partial charge in [-0.1, -0.05) is 48.5 Å². The summed E-state index contributed by atoms with van der Waals surface area (Å²) in [6, 6.07) is 14.9. The number of methoxy groups -OCH3 is 1. The first-order valence-corrected chi connectivity index (χ1v) is 9.11. The smallest absolute Gasteiger partial charge is 0.407 e. The molecular weight excluding hydrogens is 376 g/mol. The lowest BCUT2D eigenvalue weighted by Gasteiger charge is -2.19. The lowest BCUT2D eigenvalue weighted by molar-refractivity contribution is -0.138. The Bertz CT molecular complexity index is 868. The Hall–Kier alpha value is -3.39. The highest BCUT2D eigenvalue weighted by Gasteiger charge is 2.29. The molecule has 0 aliphatic heterocycles. The fraction of sp³-hybridized carbons (Fsp3) is 0.286. The number of carboxylic acids is 1. The maximum Gasteiger partial charge on any atom is 0.407 e. The summed E-state index contributed by atoms with van der Waals surface area (Å²) >= 11 is 0. The maximum atomic E-state index is 12.3. The van der Waals surface area contributed by atoms with Gasteiger partial charge in [0.25, 0.3) is 0 Å². The molecule has 1 atom stereocenters. The molecule has 0 saturated carbocycles. The van der Waals surface area contributed by atoms with Crippen molar-refractivity contribution in [1.29, 1.82) is 0 Å². The van der Waals surface area contributed by atoms with E-state index in [1.807, 2.05) is 48.5 Å². The van der Waals surface area contributed by atoms with Crippen LogP contribution in [0.1, 0.15) is 17.0 Å². The zero-order valence-corrected chi connectivity index (χ0v) is 15.9. The lowest BCUT2D eigenvalue weighted by atomic mass is 9.98. The van der Waals surface area contributed by atoms with Crippen LogP contribution in [0.25, 0.3) is 11.1 Å². The fourth-order valence-corrected chi connectivity index (χ4v) is 3.42. The molecule has 0 fully saturated rings. The minimum atomic E-state index is -1.18. The zero-order chi connectivity index (χ0) is 20.8. The summed E-state index contributed by atoms with van der Waals surface area (Å²) in [5.41, 5.74) is 4.38. The Kier molecular flexibility index (Phi) is 6.46. The van der Waals surface area contributed by atoms with Gasteiger partial charge in [0.15, 0.2) is 0 Å². The van der Waals surface area contributed by atoms with Gasteiger partial charge in [-0.2, -0.15) is 0 Å². The number of benzene rings is 2. The van der Waals surface area contributed by atoms with Crippen LogP contribution in [0.5, 0.6) is 0 Å². The lowest BCUT2D eigenvalue weighted by Crippen LogP contribution is -2.50. The standard InChI is InChI=1S/C21H22N2O6/c1-28-12-18(20(26)22-10-19(24)25)23-21(27)29-11-17-15-8-4-2-6-13(15)14-7-3-5-9-16(14)17/h2-9,17-18H,10-12H2,1H3,(H,22,26)(H,23,27)(H,24,25)/t18-/m0/s1. The Balaban J connectivity index is 1.64. The van der Waals surface area contributed by atoms with Crippen molar-refractivity contribution in [3.05, 3.63) is 59.7 Å². The van der Waals surface area contributed by atoms with Crippen LogP contribution in [0, 0.1) is 0 Å². The average Bonchev–Trinajstić information content (AvgIpc) is 3.04. The van der Waals surface area contributed by atoms with E-state index < -0.39 is 30.6 Å². The number of hydrogen-bond donors (Lipinski definition) is 3. The first-order valence-electron chi connectivity index (χ1n) is 9.11. The van der Waals surface area contributed by atoms with Crippen LogP contribution in [0.2, 0.25) is 0 Å². The number of carboxylic acid groups (broad SMARTS) is 1. The van der Waals surface area contributed by atoms with Crippen LogP contribution in [0.15, 0.2) is 48.5 Å². The van der Waals surface area contributed by atoms with Gasteiger partial charge in [0.2, 0.25) is 5.91 Å². The number of carbonyl (C=O) groups is 3. The van der Waals surface area contributed by atoms with E-state index in [4.69, 9.17) is 14.6 Å². The largest absolute Gasteiger partial charge is 0.480 e. The highest BCUT2D eigenvalue weighted by molar-refractivity contribution is 5.88. The zero-order valence-electron chi connectivity index (χ0n) is 15.9. The van der Waals surface area contributed by atoms with E-state index in [9.17, 15) is 14.4 Å². The molecule has 0 spiro atoms. The molecule has 0 aromatic heterocycles. The monoisotopic (exact) mass is 398 g/mol. The number of carbonyl (C=O) groups excluding carboxylic acids is 2. The summed E-state index contributed by atoms with van der Waals surface area (Å²) in [5, 5.41) is 13.3. The summed E-state index contributed by atoms with van der Waals surface area (Å²) in [4.78, 5) is 34.9. The Labute approximate surface area is 167 Å². The third-order valence-corrected chi connectivity index (χ3v) is 4.70. The van der Waals surface area contributed by atoms with Gasteiger partial charge in [0.05, 0.1) is 6.61 Å². The molecule has 1 aliphatic carbocycles. The maximum absolute atomic E-state index is 12.3. The number of nitrogens with one attached hydrogen (secondary N) is 2. The normalized spacial score (nSPS) is 13.1. The van der Waals surface area contributed by atoms with E-state index in [0.29, 0.717) is 0 Å². The molecule has 0 radical (unpaired) electrons. The summed E-state index contributed by atoms with van der Waals surface area (Å²) in [6.45, 7) is -0.558. The van der Waals surface area contributed by atoms with Crippen molar-refractivity contribution < 1.29 is 29.0 Å². The SMILES string of the molecule is COC[C@H](NC(=O)OCC1c2ccccc2-c2ccccc21)C(=O)NCC(=O)O. The van der Waals surface area contributed by atoms with E-state index in [0.717, 1.165) is 22.3 Å². The quantitative estimate of drug-likeness (QED) is 0.624. The van der Waals surface area contributed by atoms with Crippen LogP contribution in [0.4, 0.5) is 4.79 Å². The number of alkyl carbamates (subject to hydrolysis) is 1. The van der Waals surface area contributed by atoms with E-state index in [2.05, 4.69) is 10.6 Å². The summed E-state index contributed by atoms with van der Waals surface area (Å²) in [5.74, 6) is -1.95. The number of fused-ring (bicyclic) bond motifs is 3. The number of hydrogen-bond acceptors (Lipinski definition) is 5. The van der Waals surface area contributed by atoms with E-state index in [-0.39, 0.29) is 19.1 Å². The van der Waals surface area contributed by atoms with Gasteiger partial charge in [0.1, 0.15) is 19.2 Å². The van der Waals surface area contributed by atoms with Crippen LogP contribution in [0.3, 0.4) is 0 Å². The van der Waals surface area contributed by atoms with Crippen molar-refractivity contribution >= 4 is 18.0 Å². The van der Waals surface area contributed by atoms with Gasteiger partial charge in [-0.05, 0) is 22.3 Å². The van der Waals surface area contributed by atoms with Crippen LogP contribution >= 0.6 is 0 Å². The highest BCUT2D eigenvalue weighted by Crippen LogP contribution is 2.44. The van der Waals surface area contributed by atoms with Gasteiger partial charge >= 0.3 is 12.1 Å². The fourth-order valence-electron chi connectivity index (χ4n) is 3.42. The predicted octanol–water partition coefficient (Wildman–Crippen LogP) is 1.74. The molecule has 2 aromatic rings. The second-order valence-electron chi connectivity index (χ2n) is 6.59. The molecule has 3 rings (SSSR count). The third-order valence-electron chi connectivity index (χ3n) is 4.70. The van der Waals surface area contributed by atoms with Crippen molar-refractivity contribution in [2.45, 2.75) is 12.0 Å². The van der Waals surface area contributed by atoms with Crippen LogP contribution in [-0.4, -0.2) is 56.0 Å². The van der Waals surface area contributed by atoms with Crippen molar-refractivity contribution in [2.75, 3.05) is 26.9 Å².